The molecule has 2 aromatic rings. The smallest absolute Gasteiger partial charge is 0.0480 e. The van der Waals surface area contributed by atoms with Gasteiger partial charge in [-0.2, -0.15) is 19.8 Å². The first-order valence-corrected chi connectivity index (χ1v) is 15.5. The standard InChI is InChI=1S/C30H46S2.2H3P/c1-23-21-27(19-7-3-5-13-25-15-9-10-16-25)29(31-23)30-28(22-24(2)32-30)20-8-4-6-14-26-17-11-12-18-26;;/h21-22,25-26H,3-20H2,1-2H3;2*1H3. The lowest BCUT2D eigenvalue weighted by Gasteiger charge is -2.09. The first kappa shape index (κ1) is 30.5. The molecule has 2 atom stereocenters. The van der Waals surface area contributed by atoms with E-state index in [2.05, 4.69) is 48.7 Å². The third kappa shape index (κ3) is 9.29. The fourth-order valence-electron chi connectivity index (χ4n) is 6.34. The average Bonchev–Trinajstić information content (AvgIpc) is 3.56. The van der Waals surface area contributed by atoms with Gasteiger partial charge < -0.3 is 0 Å². The molecule has 2 aromatic heterocycles. The highest BCUT2D eigenvalue weighted by molar-refractivity contribution is 7.22. The molecule has 4 rings (SSSR count). The summed E-state index contributed by atoms with van der Waals surface area (Å²) in [6.45, 7) is 4.61. The first-order valence-electron chi connectivity index (χ1n) is 13.9. The van der Waals surface area contributed by atoms with Crippen molar-refractivity contribution in [1.82, 2.24) is 0 Å². The van der Waals surface area contributed by atoms with Crippen LogP contribution in [0.5, 0.6) is 0 Å². The topological polar surface area (TPSA) is 0 Å². The van der Waals surface area contributed by atoms with E-state index >= 15 is 0 Å². The molecule has 2 aliphatic carbocycles. The van der Waals surface area contributed by atoms with Crippen molar-refractivity contribution in [1.29, 1.82) is 0 Å². The van der Waals surface area contributed by atoms with Crippen LogP contribution in [0.25, 0.3) is 9.75 Å². The van der Waals surface area contributed by atoms with Gasteiger partial charge in [-0.25, -0.2) is 0 Å². The molecule has 0 spiro atoms. The molecule has 2 heterocycles. The number of hydrogen-bond acceptors (Lipinski definition) is 2. The van der Waals surface area contributed by atoms with Gasteiger partial charge >= 0.3 is 0 Å². The number of rotatable bonds is 13. The van der Waals surface area contributed by atoms with E-state index in [4.69, 9.17) is 0 Å². The minimum atomic E-state index is 0. The first-order chi connectivity index (χ1) is 15.7. The van der Waals surface area contributed by atoms with E-state index in [9.17, 15) is 0 Å². The molecule has 194 valence electrons. The van der Waals surface area contributed by atoms with Gasteiger partial charge in [0.2, 0.25) is 0 Å². The molecule has 2 saturated carbocycles. The van der Waals surface area contributed by atoms with Gasteiger partial charge in [-0.05, 0) is 74.6 Å². The van der Waals surface area contributed by atoms with Crippen molar-refractivity contribution in [3.63, 3.8) is 0 Å². The summed E-state index contributed by atoms with van der Waals surface area (Å²) in [5.74, 6) is 2.12. The van der Waals surface area contributed by atoms with E-state index in [1.54, 1.807) is 20.9 Å². The van der Waals surface area contributed by atoms with E-state index in [1.165, 1.54) is 125 Å². The Kier molecular flexibility index (Phi) is 14.5. The van der Waals surface area contributed by atoms with Crippen molar-refractivity contribution in [3.8, 4) is 9.75 Å². The molecule has 0 aliphatic heterocycles. The summed E-state index contributed by atoms with van der Waals surface area (Å²) in [7, 11) is 0. The maximum atomic E-state index is 2.50. The summed E-state index contributed by atoms with van der Waals surface area (Å²) in [5, 5.41) is 0. The Bertz CT molecular complexity index is 742. The van der Waals surface area contributed by atoms with Crippen LogP contribution >= 0.6 is 42.5 Å². The fourth-order valence-corrected chi connectivity index (χ4v) is 8.67. The SMILES string of the molecule is Cc1cc(CCCCCC2CCCC2)c(-c2sc(C)cc2CCCCCC2CCCC2)s1.P.P. The zero-order valence-electron chi connectivity index (χ0n) is 22.3. The van der Waals surface area contributed by atoms with Crippen LogP contribution in [-0.2, 0) is 12.8 Å². The highest BCUT2D eigenvalue weighted by atomic mass is 32.1. The second-order valence-electron chi connectivity index (χ2n) is 10.9. The Hall–Kier alpha value is 0.260. The largest absolute Gasteiger partial charge is 0.153 e. The van der Waals surface area contributed by atoms with Crippen LogP contribution in [0.3, 0.4) is 0 Å². The molecule has 0 aromatic carbocycles. The maximum Gasteiger partial charge on any atom is 0.0480 e. The highest BCUT2D eigenvalue weighted by Crippen LogP contribution is 2.41. The Labute approximate surface area is 225 Å². The van der Waals surface area contributed by atoms with Crippen molar-refractivity contribution in [2.24, 2.45) is 11.8 Å². The zero-order chi connectivity index (χ0) is 22.2. The molecule has 34 heavy (non-hydrogen) atoms. The second-order valence-corrected chi connectivity index (χ2v) is 13.4. The van der Waals surface area contributed by atoms with Gasteiger partial charge in [0.1, 0.15) is 0 Å². The van der Waals surface area contributed by atoms with E-state index in [0.29, 0.717) is 0 Å². The van der Waals surface area contributed by atoms with Crippen molar-refractivity contribution >= 4 is 42.5 Å². The monoisotopic (exact) mass is 538 g/mol. The number of unbranched alkanes of at least 4 members (excludes halogenated alkanes) is 4. The zero-order valence-corrected chi connectivity index (χ0v) is 26.7. The molecule has 4 heteroatoms. The quantitative estimate of drug-likeness (QED) is 0.176. The molecule has 0 radical (unpaired) electrons. The van der Waals surface area contributed by atoms with E-state index in [0.717, 1.165) is 11.8 Å². The third-order valence-electron chi connectivity index (χ3n) is 8.14. The molecule has 2 fully saturated rings. The van der Waals surface area contributed by atoms with Crippen molar-refractivity contribution in [3.05, 3.63) is 33.0 Å². The lowest BCUT2D eigenvalue weighted by molar-refractivity contribution is 0.468. The van der Waals surface area contributed by atoms with Gasteiger partial charge in [0, 0.05) is 19.5 Å². The van der Waals surface area contributed by atoms with Crippen LogP contribution in [0, 0.1) is 25.7 Å². The Morgan fingerprint density at radius 3 is 1.35 bits per heavy atom. The van der Waals surface area contributed by atoms with Crippen molar-refractivity contribution in [2.75, 3.05) is 0 Å². The van der Waals surface area contributed by atoms with Crippen LogP contribution in [0.4, 0.5) is 0 Å². The molecule has 0 amide bonds. The molecule has 2 aliphatic rings. The molecule has 0 bridgehead atoms. The molecular formula is C30H52P2S2. The highest BCUT2D eigenvalue weighted by Gasteiger charge is 2.18. The third-order valence-corrected chi connectivity index (χ3v) is 10.5. The number of hydrogen-bond donors (Lipinski definition) is 0. The number of aryl methyl sites for hydroxylation is 4. The Morgan fingerprint density at radius 1 is 0.588 bits per heavy atom. The van der Waals surface area contributed by atoms with Crippen molar-refractivity contribution < 1.29 is 0 Å². The van der Waals surface area contributed by atoms with E-state index in [-0.39, 0.29) is 19.8 Å². The molecular weight excluding hydrogens is 486 g/mol. The van der Waals surface area contributed by atoms with E-state index in [1.807, 2.05) is 0 Å². The lowest BCUT2D eigenvalue weighted by atomic mass is 9.97. The summed E-state index contributed by atoms with van der Waals surface area (Å²) in [6, 6.07) is 4.99. The van der Waals surface area contributed by atoms with Gasteiger partial charge in [-0.15, -0.1) is 22.7 Å². The molecule has 2 unspecified atom stereocenters. The predicted octanol–water partition coefficient (Wildman–Crippen LogP) is 10.8. The normalized spacial score (nSPS) is 16.6. The van der Waals surface area contributed by atoms with E-state index < -0.39 is 0 Å². The number of thiophene rings is 2. The average molecular weight is 539 g/mol. The van der Waals surface area contributed by atoms with Gasteiger partial charge in [-0.1, -0.05) is 89.9 Å². The summed E-state index contributed by atoms with van der Waals surface area (Å²) in [6.07, 6.45) is 26.0. The van der Waals surface area contributed by atoms with Gasteiger partial charge in [0.05, 0.1) is 0 Å². The van der Waals surface area contributed by atoms with Crippen molar-refractivity contribution in [2.45, 2.75) is 129 Å². The summed E-state index contributed by atoms with van der Waals surface area (Å²) in [4.78, 5) is 6.21. The summed E-state index contributed by atoms with van der Waals surface area (Å²) in [5.41, 5.74) is 3.27. The van der Waals surface area contributed by atoms with Gasteiger partial charge in [0.15, 0.2) is 0 Å². The van der Waals surface area contributed by atoms with Crippen LogP contribution < -0.4 is 0 Å². The Morgan fingerprint density at radius 2 is 0.971 bits per heavy atom. The van der Waals surface area contributed by atoms with Crippen LogP contribution in [0.2, 0.25) is 0 Å². The predicted molar refractivity (Wildman–Crippen MR) is 168 cm³/mol. The minimum absolute atomic E-state index is 0. The molecule has 0 saturated heterocycles. The second kappa shape index (κ2) is 16.2. The van der Waals surface area contributed by atoms with Gasteiger partial charge in [0.25, 0.3) is 0 Å². The Balaban J connectivity index is 0.00000204. The van der Waals surface area contributed by atoms with Crippen LogP contribution in [0.15, 0.2) is 12.1 Å². The minimum Gasteiger partial charge on any atom is -0.153 e. The van der Waals surface area contributed by atoms with Crippen LogP contribution in [0.1, 0.15) is 124 Å². The maximum absolute atomic E-state index is 2.50. The molecule has 0 nitrogen and oxygen atoms in total. The summed E-state index contributed by atoms with van der Waals surface area (Å²) < 4.78 is 0. The summed E-state index contributed by atoms with van der Waals surface area (Å²) >= 11 is 4.10. The molecule has 0 N–H and O–H groups in total. The fraction of sp³-hybridized carbons (Fsp3) is 0.733. The van der Waals surface area contributed by atoms with Gasteiger partial charge in [-0.3, -0.25) is 0 Å². The van der Waals surface area contributed by atoms with Crippen LogP contribution in [-0.4, -0.2) is 0 Å². The lowest BCUT2D eigenvalue weighted by Crippen LogP contribution is -1.94.